The summed E-state index contributed by atoms with van der Waals surface area (Å²) in [6.07, 6.45) is -1.09. The summed E-state index contributed by atoms with van der Waals surface area (Å²) in [5.74, 6) is 0. The molecule has 1 aliphatic rings. The molecule has 0 amide bonds. The normalized spacial score (nSPS) is 33.8. The first-order chi connectivity index (χ1) is 8.52. The molecule has 5 atom stereocenters. The second kappa shape index (κ2) is 5.29. The van der Waals surface area contributed by atoms with E-state index in [0.717, 1.165) is 0 Å². The van der Waals surface area contributed by atoms with E-state index in [2.05, 4.69) is 15.6 Å². The van der Waals surface area contributed by atoms with Crippen molar-refractivity contribution in [1.29, 1.82) is 0 Å². The molecule has 0 radical (unpaired) electrons. The zero-order chi connectivity index (χ0) is 13.3. The van der Waals surface area contributed by atoms with Gasteiger partial charge < -0.3 is 25.7 Å². The van der Waals surface area contributed by atoms with Gasteiger partial charge in [-0.2, -0.15) is 0 Å². The lowest BCUT2D eigenvalue weighted by Gasteiger charge is -2.15. The van der Waals surface area contributed by atoms with Crippen LogP contribution in [0.5, 0.6) is 0 Å². The Morgan fingerprint density at radius 3 is 2.56 bits per heavy atom. The van der Waals surface area contributed by atoms with Gasteiger partial charge in [0.05, 0.1) is 49.7 Å². The van der Waals surface area contributed by atoms with Crippen LogP contribution in [0.4, 0.5) is 0 Å². The minimum absolute atomic E-state index is 0.245. The maximum absolute atomic E-state index is 9.80. The monoisotopic (exact) mass is 258 g/mol. The maximum Gasteiger partial charge on any atom is 0.111 e. The molecular formula is C10H18N4O4. The van der Waals surface area contributed by atoms with E-state index in [4.69, 9.17) is 5.11 Å². The van der Waals surface area contributed by atoms with E-state index in [9.17, 15) is 15.3 Å². The summed E-state index contributed by atoms with van der Waals surface area (Å²) in [4.78, 5) is 0. The Morgan fingerprint density at radius 2 is 2.06 bits per heavy atom. The molecule has 2 heterocycles. The van der Waals surface area contributed by atoms with Gasteiger partial charge in [0, 0.05) is 0 Å². The molecule has 0 aliphatic carbocycles. The number of nitrogens with one attached hydrogen (secondary N) is 1. The highest BCUT2D eigenvalue weighted by molar-refractivity contribution is 5.00. The summed E-state index contributed by atoms with van der Waals surface area (Å²) in [5.41, 5.74) is 0.446. The quantitative estimate of drug-likeness (QED) is 0.401. The predicted octanol–water partition coefficient (Wildman–Crippen LogP) is -2.61. The van der Waals surface area contributed by atoms with Gasteiger partial charge in [-0.15, -0.1) is 5.10 Å². The van der Waals surface area contributed by atoms with Gasteiger partial charge in [0.1, 0.15) is 5.69 Å². The number of aliphatic hydroxyl groups excluding tert-OH is 4. The Morgan fingerprint density at radius 1 is 1.39 bits per heavy atom. The molecule has 2 rings (SSSR count). The van der Waals surface area contributed by atoms with Crippen LogP contribution in [0, 0.1) is 0 Å². The third-order valence-electron chi connectivity index (χ3n) is 3.17. The topological polar surface area (TPSA) is 124 Å². The molecule has 102 valence electrons. The van der Waals surface area contributed by atoms with Crippen molar-refractivity contribution in [3.05, 3.63) is 11.9 Å². The average Bonchev–Trinajstić information content (AvgIpc) is 2.90. The molecule has 8 nitrogen and oxygen atoms in total. The van der Waals surface area contributed by atoms with Gasteiger partial charge in [0.25, 0.3) is 0 Å². The molecule has 1 aromatic heterocycles. The third-order valence-corrected chi connectivity index (χ3v) is 3.17. The zero-order valence-corrected chi connectivity index (χ0v) is 10.0. The summed E-state index contributed by atoms with van der Waals surface area (Å²) >= 11 is 0. The Labute approximate surface area is 104 Å². The lowest BCUT2D eigenvalue weighted by molar-refractivity contribution is 0.0175. The molecule has 1 saturated heterocycles. The van der Waals surface area contributed by atoms with Crippen LogP contribution in [0.2, 0.25) is 0 Å². The number of nitrogens with zero attached hydrogens (tertiary/aromatic N) is 3. The number of hydrogen-bond acceptors (Lipinski definition) is 7. The molecule has 1 aliphatic heterocycles. The first-order valence-corrected chi connectivity index (χ1v) is 5.84. The van der Waals surface area contributed by atoms with Crippen molar-refractivity contribution in [1.82, 2.24) is 20.3 Å². The number of aliphatic hydroxyl groups is 4. The van der Waals surface area contributed by atoms with Gasteiger partial charge in [-0.05, 0) is 6.92 Å². The lowest BCUT2D eigenvalue weighted by atomic mass is 10.1. The van der Waals surface area contributed by atoms with E-state index in [1.807, 2.05) is 0 Å². The van der Waals surface area contributed by atoms with Crippen LogP contribution in [0.25, 0.3) is 0 Å². The lowest BCUT2D eigenvalue weighted by Crippen LogP contribution is -2.38. The Kier molecular flexibility index (Phi) is 3.93. The van der Waals surface area contributed by atoms with Gasteiger partial charge >= 0.3 is 0 Å². The Bertz CT molecular complexity index is 397. The van der Waals surface area contributed by atoms with Crippen molar-refractivity contribution in [3.8, 4) is 0 Å². The minimum Gasteiger partial charge on any atom is -0.395 e. The van der Waals surface area contributed by atoms with Crippen molar-refractivity contribution in [2.45, 2.75) is 43.9 Å². The average molecular weight is 258 g/mol. The number of hydrogen-bond donors (Lipinski definition) is 5. The highest BCUT2D eigenvalue weighted by Crippen LogP contribution is 2.16. The largest absolute Gasteiger partial charge is 0.395 e. The molecule has 0 saturated carbocycles. The standard InChI is InChI=1S/C10H18N4O4/c1-5(16)6-2-14(13-12-6)3-7-9(17)10(18)8(4-15)11-7/h2,5,7-11,15-18H,3-4H2,1H3/t5?,7-,8-,9-,10-/m1/s1. The highest BCUT2D eigenvalue weighted by atomic mass is 16.3. The molecule has 0 bridgehead atoms. The van der Waals surface area contributed by atoms with E-state index >= 15 is 0 Å². The van der Waals surface area contributed by atoms with E-state index in [1.165, 1.54) is 4.68 Å². The first-order valence-electron chi connectivity index (χ1n) is 5.84. The van der Waals surface area contributed by atoms with E-state index in [0.29, 0.717) is 12.2 Å². The second-order valence-corrected chi connectivity index (χ2v) is 4.58. The smallest absolute Gasteiger partial charge is 0.111 e. The summed E-state index contributed by atoms with van der Waals surface area (Å²) < 4.78 is 1.48. The highest BCUT2D eigenvalue weighted by Gasteiger charge is 2.40. The Balaban J connectivity index is 2.01. The molecule has 1 unspecified atom stereocenters. The van der Waals surface area contributed by atoms with Crippen LogP contribution in [-0.4, -0.2) is 66.3 Å². The Hall–Kier alpha value is -1.06. The maximum atomic E-state index is 9.80. The SMILES string of the molecule is CC(O)c1cn(C[C@H]2N[C@H](CO)[C@@H](O)[C@@H]2O)nn1. The zero-order valence-electron chi connectivity index (χ0n) is 10.0. The van der Waals surface area contributed by atoms with Crippen molar-refractivity contribution >= 4 is 0 Å². The molecule has 18 heavy (non-hydrogen) atoms. The summed E-state index contributed by atoms with van der Waals surface area (Å²) in [5, 5.41) is 48.3. The van der Waals surface area contributed by atoms with Gasteiger partial charge in [0.15, 0.2) is 0 Å². The van der Waals surface area contributed by atoms with E-state index < -0.39 is 30.4 Å². The van der Waals surface area contributed by atoms with Crippen molar-refractivity contribution < 1.29 is 20.4 Å². The fraction of sp³-hybridized carbons (Fsp3) is 0.800. The van der Waals surface area contributed by atoms with E-state index in [-0.39, 0.29) is 6.61 Å². The van der Waals surface area contributed by atoms with Crippen molar-refractivity contribution in [2.75, 3.05) is 6.61 Å². The van der Waals surface area contributed by atoms with E-state index in [1.54, 1.807) is 13.1 Å². The van der Waals surface area contributed by atoms with Crippen LogP contribution in [-0.2, 0) is 6.54 Å². The molecular weight excluding hydrogens is 240 g/mol. The fourth-order valence-electron chi connectivity index (χ4n) is 2.07. The van der Waals surface area contributed by atoms with Crippen LogP contribution >= 0.6 is 0 Å². The second-order valence-electron chi connectivity index (χ2n) is 4.58. The number of aromatic nitrogens is 3. The van der Waals surface area contributed by atoms with Gasteiger partial charge in [-0.3, -0.25) is 4.68 Å². The molecule has 5 N–H and O–H groups in total. The van der Waals surface area contributed by atoms with Crippen molar-refractivity contribution in [3.63, 3.8) is 0 Å². The van der Waals surface area contributed by atoms with Gasteiger partial charge in [-0.25, -0.2) is 0 Å². The summed E-state index contributed by atoms with van der Waals surface area (Å²) in [7, 11) is 0. The van der Waals surface area contributed by atoms with Crippen LogP contribution in [0.1, 0.15) is 18.7 Å². The molecule has 0 spiro atoms. The molecule has 0 aromatic carbocycles. The summed E-state index contributed by atoms with van der Waals surface area (Å²) in [6, 6.07) is -0.953. The predicted molar refractivity (Wildman–Crippen MR) is 60.5 cm³/mol. The minimum atomic E-state index is -1.00. The summed E-state index contributed by atoms with van der Waals surface area (Å²) in [6.45, 7) is 1.64. The molecule has 1 fully saturated rings. The van der Waals surface area contributed by atoms with Crippen LogP contribution in [0.3, 0.4) is 0 Å². The van der Waals surface area contributed by atoms with Gasteiger partial charge in [0.2, 0.25) is 0 Å². The molecule has 8 heteroatoms. The van der Waals surface area contributed by atoms with Gasteiger partial charge in [-0.1, -0.05) is 5.21 Å². The number of rotatable bonds is 4. The fourth-order valence-corrected chi connectivity index (χ4v) is 2.07. The van der Waals surface area contributed by atoms with Crippen LogP contribution < -0.4 is 5.32 Å². The molecule has 1 aromatic rings. The van der Waals surface area contributed by atoms with Crippen molar-refractivity contribution in [2.24, 2.45) is 0 Å². The first kappa shape index (κ1) is 13.4. The third kappa shape index (κ3) is 2.52. The van der Waals surface area contributed by atoms with Crippen LogP contribution in [0.15, 0.2) is 6.20 Å².